The van der Waals surface area contributed by atoms with Crippen LogP contribution in [-0.2, 0) is 10.2 Å². The van der Waals surface area contributed by atoms with Crippen LogP contribution in [0.2, 0.25) is 0 Å². The maximum Gasteiger partial charge on any atom is 0.219 e. The Morgan fingerprint density at radius 1 is 1.47 bits per heavy atom. The van der Waals surface area contributed by atoms with Crippen molar-refractivity contribution in [2.45, 2.75) is 44.6 Å². The molecular formula is C15H21FN2O. The molecule has 1 amide bonds. The smallest absolute Gasteiger partial charge is 0.219 e. The first-order valence-corrected chi connectivity index (χ1v) is 6.80. The van der Waals surface area contributed by atoms with E-state index in [1.54, 1.807) is 19.2 Å². The second-order valence-corrected chi connectivity index (χ2v) is 5.24. The molecule has 1 aliphatic rings. The van der Waals surface area contributed by atoms with E-state index < -0.39 is 0 Å². The van der Waals surface area contributed by atoms with Gasteiger partial charge < -0.3 is 10.6 Å². The molecule has 1 saturated carbocycles. The fraction of sp³-hybridized carbons (Fsp3) is 0.533. The topological polar surface area (TPSA) is 41.1 Å². The minimum Gasteiger partial charge on any atom is -0.386 e. The van der Waals surface area contributed by atoms with E-state index in [4.69, 9.17) is 0 Å². The van der Waals surface area contributed by atoms with Crippen LogP contribution in [-0.4, -0.2) is 19.0 Å². The van der Waals surface area contributed by atoms with Gasteiger partial charge >= 0.3 is 0 Å². The third-order valence-corrected chi connectivity index (χ3v) is 4.13. The number of hydrogen-bond acceptors (Lipinski definition) is 2. The summed E-state index contributed by atoms with van der Waals surface area (Å²) in [5, 5.41) is 5.82. The van der Waals surface area contributed by atoms with Gasteiger partial charge in [0.2, 0.25) is 5.91 Å². The Morgan fingerprint density at radius 2 is 2.16 bits per heavy atom. The largest absolute Gasteiger partial charge is 0.386 e. The number of rotatable bonds is 5. The van der Waals surface area contributed by atoms with E-state index in [2.05, 4.69) is 10.6 Å². The van der Waals surface area contributed by atoms with Crippen molar-refractivity contribution < 1.29 is 9.18 Å². The first-order valence-electron chi connectivity index (χ1n) is 6.80. The molecule has 1 atom stereocenters. The number of halogens is 1. The number of carbonyl (C=O) groups excluding carboxylic acids is 1. The zero-order valence-corrected chi connectivity index (χ0v) is 11.7. The molecular weight excluding hydrogens is 243 g/mol. The zero-order chi connectivity index (χ0) is 14.0. The highest BCUT2D eigenvalue weighted by Gasteiger charge is 2.49. The first kappa shape index (κ1) is 13.8. The summed E-state index contributed by atoms with van der Waals surface area (Å²) in [6.45, 7) is 3.84. The maximum atomic E-state index is 13.9. The molecule has 0 saturated heterocycles. The number of nitrogens with one attached hydrogen (secondary N) is 2. The van der Waals surface area contributed by atoms with Crippen LogP contribution >= 0.6 is 0 Å². The van der Waals surface area contributed by atoms with Crippen LogP contribution in [0.25, 0.3) is 0 Å². The summed E-state index contributed by atoms with van der Waals surface area (Å²) in [4.78, 5) is 11.5. The molecule has 1 unspecified atom stereocenters. The molecule has 0 aromatic heterocycles. The molecule has 0 radical (unpaired) electrons. The molecule has 0 aliphatic heterocycles. The van der Waals surface area contributed by atoms with E-state index >= 15 is 0 Å². The molecule has 0 spiro atoms. The number of anilines is 1. The minimum atomic E-state index is -0.236. The molecule has 0 bridgehead atoms. The molecule has 2 N–H and O–H groups in total. The lowest BCUT2D eigenvalue weighted by Crippen LogP contribution is -2.41. The van der Waals surface area contributed by atoms with Crippen LogP contribution in [0.4, 0.5) is 10.1 Å². The molecule has 19 heavy (non-hydrogen) atoms. The third kappa shape index (κ3) is 2.57. The normalized spacial score (nSPS) is 17.7. The van der Waals surface area contributed by atoms with Gasteiger partial charge in [0.25, 0.3) is 0 Å². The van der Waals surface area contributed by atoms with Gasteiger partial charge in [-0.15, -0.1) is 0 Å². The Morgan fingerprint density at radius 3 is 2.63 bits per heavy atom. The SMILES string of the molecule is CCC(=O)NC(C)C1(c2ccc(NC)c(F)c2)CC1. The van der Waals surface area contributed by atoms with Crippen molar-refractivity contribution in [3.05, 3.63) is 29.6 Å². The van der Waals surface area contributed by atoms with Crippen LogP contribution in [0.3, 0.4) is 0 Å². The predicted molar refractivity (Wildman–Crippen MR) is 74.8 cm³/mol. The van der Waals surface area contributed by atoms with E-state index in [1.807, 2.05) is 19.9 Å². The fourth-order valence-electron chi connectivity index (χ4n) is 2.62. The lowest BCUT2D eigenvalue weighted by atomic mass is 9.88. The van der Waals surface area contributed by atoms with Crippen molar-refractivity contribution >= 4 is 11.6 Å². The fourth-order valence-corrected chi connectivity index (χ4v) is 2.62. The van der Waals surface area contributed by atoms with Gasteiger partial charge in [-0.1, -0.05) is 13.0 Å². The van der Waals surface area contributed by atoms with Crippen molar-refractivity contribution in [1.82, 2.24) is 5.32 Å². The Bertz CT molecular complexity index is 483. The monoisotopic (exact) mass is 264 g/mol. The summed E-state index contributed by atoms with van der Waals surface area (Å²) in [5.41, 5.74) is 1.40. The molecule has 0 heterocycles. The number of hydrogen-bond donors (Lipinski definition) is 2. The molecule has 1 aromatic carbocycles. The second kappa shape index (κ2) is 5.19. The quantitative estimate of drug-likeness (QED) is 0.858. The summed E-state index contributed by atoms with van der Waals surface area (Å²) in [7, 11) is 1.70. The lowest BCUT2D eigenvalue weighted by Gasteiger charge is -2.25. The summed E-state index contributed by atoms with van der Waals surface area (Å²) >= 11 is 0. The highest BCUT2D eigenvalue weighted by molar-refractivity contribution is 5.76. The molecule has 104 valence electrons. The van der Waals surface area contributed by atoms with Crippen molar-refractivity contribution in [2.24, 2.45) is 0 Å². The van der Waals surface area contributed by atoms with Gasteiger partial charge in [-0.3, -0.25) is 4.79 Å². The Labute approximate surface area is 113 Å². The number of carbonyl (C=O) groups is 1. The van der Waals surface area contributed by atoms with Gasteiger partial charge in [-0.05, 0) is 37.5 Å². The van der Waals surface area contributed by atoms with Gasteiger partial charge in [0.1, 0.15) is 5.82 Å². The molecule has 1 fully saturated rings. The van der Waals surface area contributed by atoms with Crippen LogP contribution < -0.4 is 10.6 Å². The van der Waals surface area contributed by atoms with Crippen LogP contribution in [0.15, 0.2) is 18.2 Å². The second-order valence-electron chi connectivity index (χ2n) is 5.24. The maximum absolute atomic E-state index is 13.9. The number of benzene rings is 1. The summed E-state index contributed by atoms with van der Waals surface area (Å²) in [5.74, 6) is -0.189. The Kier molecular flexibility index (Phi) is 3.78. The Balaban J connectivity index is 2.20. The summed E-state index contributed by atoms with van der Waals surface area (Å²) in [6, 6.07) is 5.35. The Hall–Kier alpha value is -1.58. The number of amides is 1. The van der Waals surface area contributed by atoms with E-state index in [9.17, 15) is 9.18 Å². The van der Waals surface area contributed by atoms with Gasteiger partial charge in [0.05, 0.1) is 5.69 Å². The van der Waals surface area contributed by atoms with Crippen molar-refractivity contribution in [1.29, 1.82) is 0 Å². The van der Waals surface area contributed by atoms with E-state index in [0.29, 0.717) is 12.1 Å². The van der Waals surface area contributed by atoms with Crippen LogP contribution in [0.5, 0.6) is 0 Å². The summed E-state index contributed by atoms with van der Waals surface area (Å²) in [6.07, 6.45) is 2.47. The van der Waals surface area contributed by atoms with E-state index in [-0.39, 0.29) is 23.2 Å². The van der Waals surface area contributed by atoms with Crippen molar-refractivity contribution in [3.63, 3.8) is 0 Å². The summed E-state index contributed by atoms with van der Waals surface area (Å²) < 4.78 is 13.9. The van der Waals surface area contributed by atoms with Crippen molar-refractivity contribution in [3.8, 4) is 0 Å². The van der Waals surface area contributed by atoms with Gasteiger partial charge in [-0.25, -0.2) is 4.39 Å². The lowest BCUT2D eigenvalue weighted by molar-refractivity contribution is -0.121. The van der Waals surface area contributed by atoms with E-state index in [0.717, 1.165) is 18.4 Å². The molecule has 4 heteroatoms. The van der Waals surface area contributed by atoms with Crippen LogP contribution in [0, 0.1) is 5.82 Å². The average Bonchev–Trinajstić information content (AvgIpc) is 3.20. The van der Waals surface area contributed by atoms with Gasteiger partial charge in [-0.2, -0.15) is 0 Å². The molecule has 3 nitrogen and oxygen atoms in total. The highest BCUT2D eigenvalue weighted by atomic mass is 19.1. The predicted octanol–water partition coefficient (Wildman–Crippen LogP) is 2.81. The molecule has 1 aromatic rings. The zero-order valence-electron chi connectivity index (χ0n) is 11.7. The first-order chi connectivity index (χ1) is 9.03. The standard InChI is InChI=1S/C15H21FN2O/c1-4-14(19)18-10(2)15(7-8-15)11-5-6-13(17-3)12(16)9-11/h5-6,9-10,17H,4,7-8H2,1-3H3,(H,18,19). The van der Waals surface area contributed by atoms with Gasteiger partial charge in [0.15, 0.2) is 0 Å². The van der Waals surface area contributed by atoms with E-state index in [1.165, 1.54) is 0 Å². The average molecular weight is 264 g/mol. The molecule has 2 rings (SSSR count). The molecule has 1 aliphatic carbocycles. The minimum absolute atomic E-state index is 0.0415. The van der Waals surface area contributed by atoms with Gasteiger partial charge in [0, 0.05) is 24.9 Å². The van der Waals surface area contributed by atoms with Crippen molar-refractivity contribution in [2.75, 3.05) is 12.4 Å². The highest BCUT2D eigenvalue weighted by Crippen LogP contribution is 2.51. The van der Waals surface area contributed by atoms with Crippen LogP contribution in [0.1, 0.15) is 38.7 Å². The third-order valence-electron chi connectivity index (χ3n) is 4.13.